The van der Waals surface area contributed by atoms with Gasteiger partial charge >= 0.3 is 0 Å². The number of fused-ring (bicyclic) bond motifs is 1. The highest BCUT2D eigenvalue weighted by Crippen LogP contribution is 2.36. The predicted molar refractivity (Wildman–Crippen MR) is 72.4 cm³/mol. The number of hydrogen-bond acceptors (Lipinski definition) is 3. The van der Waals surface area contributed by atoms with Crippen molar-refractivity contribution in [3.63, 3.8) is 0 Å². The Hall–Kier alpha value is -0.970. The number of nitrogens with zero attached hydrogens (tertiary/aromatic N) is 1. The van der Waals surface area contributed by atoms with E-state index >= 15 is 0 Å². The molecule has 2 N–H and O–H groups in total. The third-order valence-electron chi connectivity index (χ3n) is 3.11. The van der Waals surface area contributed by atoms with Crippen LogP contribution in [0.1, 0.15) is 29.5 Å². The molecule has 1 unspecified atom stereocenters. The number of thiazole rings is 1. The molecule has 1 aliphatic carbocycles. The fourth-order valence-corrected chi connectivity index (χ4v) is 3.64. The summed E-state index contributed by atoms with van der Waals surface area (Å²) in [6.45, 7) is 0. The van der Waals surface area contributed by atoms with E-state index in [4.69, 9.17) is 17.3 Å². The van der Waals surface area contributed by atoms with Crippen molar-refractivity contribution >= 4 is 22.9 Å². The van der Waals surface area contributed by atoms with Crippen LogP contribution in [0.2, 0.25) is 5.02 Å². The first-order valence-corrected chi connectivity index (χ1v) is 7.04. The number of aryl methyl sites for hydroxylation is 1. The zero-order valence-electron chi connectivity index (χ0n) is 9.62. The average molecular weight is 283 g/mol. The minimum absolute atomic E-state index is 0.0165. The Labute approximate surface area is 114 Å². The second-order valence-corrected chi connectivity index (χ2v) is 6.00. The summed E-state index contributed by atoms with van der Waals surface area (Å²) in [5.74, 6) is -0.338. The Morgan fingerprint density at radius 1 is 1.39 bits per heavy atom. The van der Waals surface area contributed by atoms with E-state index in [0.29, 0.717) is 5.02 Å². The highest BCUT2D eigenvalue weighted by molar-refractivity contribution is 7.15. The Morgan fingerprint density at radius 3 is 2.94 bits per heavy atom. The molecule has 1 aromatic heterocycles. The molecule has 1 aliphatic rings. The molecule has 0 amide bonds. The molecule has 3 rings (SSSR count). The van der Waals surface area contributed by atoms with Crippen LogP contribution < -0.4 is 5.73 Å². The van der Waals surface area contributed by atoms with E-state index in [9.17, 15) is 4.39 Å². The molecule has 5 heteroatoms. The molecule has 1 aromatic carbocycles. The van der Waals surface area contributed by atoms with Crippen LogP contribution in [-0.2, 0) is 6.42 Å². The van der Waals surface area contributed by atoms with Gasteiger partial charge in [-0.25, -0.2) is 9.37 Å². The number of hydrogen-bond donors (Lipinski definition) is 1. The van der Waals surface area contributed by atoms with E-state index in [-0.39, 0.29) is 11.9 Å². The maximum Gasteiger partial charge on any atom is 0.125 e. The van der Waals surface area contributed by atoms with Gasteiger partial charge in [-0.1, -0.05) is 11.6 Å². The number of rotatable bonds is 1. The van der Waals surface area contributed by atoms with Crippen LogP contribution >= 0.6 is 22.9 Å². The lowest BCUT2D eigenvalue weighted by atomic mass is 9.99. The quantitative estimate of drug-likeness (QED) is 0.860. The molecule has 0 radical (unpaired) electrons. The van der Waals surface area contributed by atoms with Crippen LogP contribution in [0.4, 0.5) is 4.39 Å². The topological polar surface area (TPSA) is 38.9 Å². The molecule has 0 bridgehead atoms. The summed E-state index contributed by atoms with van der Waals surface area (Å²) < 4.78 is 13.3. The van der Waals surface area contributed by atoms with Crippen molar-refractivity contribution in [1.29, 1.82) is 0 Å². The number of aromatic nitrogens is 1. The van der Waals surface area contributed by atoms with Crippen molar-refractivity contribution in [3.05, 3.63) is 39.6 Å². The predicted octanol–water partition coefficient (Wildman–Crippen LogP) is 3.94. The molecule has 2 nitrogen and oxygen atoms in total. The Kier molecular flexibility index (Phi) is 3.09. The number of nitrogens with two attached hydrogens (primary N) is 1. The first-order chi connectivity index (χ1) is 8.63. The van der Waals surface area contributed by atoms with Crippen molar-refractivity contribution < 1.29 is 4.39 Å². The fourth-order valence-electron chi connectivity index (χ4n) is 2.25. The molecule has 2 aromatic rings. The van der Waals surface area contributed by atoms with Gasteiger partial charge in [0.05, 0.1) is 5.69 Å². The molecule has 0 spiro atoms. The second-order valence-electron chi connectivity index (χ2n) is 4.48. The van der Waals surface area contributed by atoms with E-state index < -0.39 is 0 Å². The van der Waals surface area contributed by atoms with E-state index in [1.54, 1.807) is 17.4 Å². The number of benzene rings is 1. The SMILES string of the molecule is NC1CCCc2sc(-c3cc(F)cc(Cl)c3)nc21. The number of halogens is 2. The molecule has 94 valence electrons. The van der Waals surface area contributed by atoms with Crippen LogP contribution in [0.5, 0.6) is 0 Å². The Bertz CT molecular complexity index is 576. The highest BCUT2D eigenvalue weighted by Gasteiger charge is 2.22. The van der Waals surface area contributed by atoms with Gasteiger partial charge in [0.25, 0.3) is 0 Å². The summed E-state index contributed by atoms with van der Waals surface area (Å²) in [6.07, 6.45) is 3.09. The highest BCUT2D eigenvalue weighted by atomic mass is 35.5. The average Bonchev–Trinajstić information content (AvgIpc) is 2.73. The Balaban J connectivity index is 2.07. The van der Waals surface area contributed by atoms with E-state index in [1.807, 2.05) is 0 Å². The van der Waals surface area contributed by atoms with E-state index in [1.165, 1.54) is 17.0 Å². The lowest BCUT2D eigenvalue weighted by Gasteiger charge is -2.15. The summed E-state index contributed by atoms with van der Waals surface area (Å²) in [7, 11) is 0. The Morgan fingerprint density at radius 2 is 2.22 bits per heavy atom. The zero-order chi connectivity index (χ0) is 12.7. The first-order valence-electron chi connectivity index (χ1n) is 5.85. The molecule has 0 saturated carbocycles. The van der Waals surface area contributed by atoms with E-state index in [0.717, 1.165) is 35.5 Å². The summed E-state index contributed by atoms with van der Waals surface area (Å²) in [5, 5.41) is 1.20. The first kappa shape index (κ1) is 12.1. The van der Waals surface area contributed by atoms with Crippen molar-refractivity contribution in [2.24, 2.45) is 5.73 Å². The van der Waals surface area contributed by atoms with Gasteiger partial charge < -0.3 is 5.73 Å². The van der Waals surface area contributed by atoms with Gasteiger partial charge in [-0.2, -0.15) is 0 Å². The fraction of sp³-hybridized carbons (Fsp3) is 0.308. The molecule has 1 atom stereocenters. The van der Waals surface area contributed by atoms with Gasteiger partial charge in [0, 0.05) is 21.5 Å². The van der Waals surface area contributed by atoms with Crippen molar-refractivity contribution in [1.82, 2.24) is 4.98 Å². The van der Waals surface area contributed by atoms with E-state index in [2.05, 4.69) is 4.98 Å². The second kappa shape index (κ2) is 4.61. The lowest BCUT2D eigenvalue weighted by Crippen LogP contribution is -2.16. The largest absolute Gasteiger partial charge is 0.323 e. The van der Waals surface area contributed by atoms with Crippen molar-refractivity contribution in [2.45, 2.75) is 25.3 Å². The van der Waals surface area contributed by atoms with Gasteiger partial charge in [-0.05, 0) is 37.5 Å². The molecule has 0 fully saturated rings. The minimum Gasteiger partial charge on any atom is -0.323 e. The molecule has 0 saturated heterocycles. The standard InChI is InChI=1S/C13H12ClFN2S/c14-8-4-7(5-9(15)6-8)13-17-12-10(16)2-1-3-11(12)18-13/h4-6,10H,1-3,16H2. The minimum atomic E-state index is -0.338. The summed E-state index contributed by atoms with van der Waals surface area (Å²) >= 11 is 7.46. The van der Waals surface area contributed by atoms with Crippen LogP contribution in [0.15, 0.2) is 18.2 Å². The van der Waals surface area contributed by atoms with Crippen LogP contribution in [0.25, 0.3) is 10.6 Å². The third kappa shape index (κ3) is 2.16. The van der Waals surface area contributed by atoms with Gasteiger partial charge in [0.2, 0.25) is 0 Å². The molecular formula is C13H12ClFN2S. The van der Waals surface area contributed by atoms with Crippen LogP contribution in [-0.4, -0.2) is 4.98 Å². The molecule has 18 heavy (non-hydrogen) atoms. The molecule has 0 aliphatic heterocycles. The van der Waals surface area contributed by atoms with Crippen LogP contribution in [0.3, 0.4) is 0 Å². The summed E-state index contributed by atoms with van der Waals surface area (Å²) in [5.41, 5.74) is 7.74. The third-order valence-corrected chi connectivity index (χ3v) is 4.51. The van der Waals surface area contributed by atoms with Gasteiger partial charge in [-0.15, -0.1) is 11.3 Å². The summed E-state index contributed by atoms with van der Waals surface area (Å²) in [4.78, 5) is 5.78. The smallest absolute Gasteiger partial charge is 0.125 e. The van der Waals surface area contributed by atoms with Crippen LogP contribution in [0, 0.1) is 5.82 Å². The monoisotopic (exact) mass is 282 g/mol. The van der Waals surface area contributed by atoms with Gasteiger partial charge in [0.15, 0.2) is 0 Å². The maximum absolute atomic E-state index is 13.3. The maximum atomic E-state index is 13.3. The molecule has 1 heterocycles. The summed E-state index contributed by atoms with van der Waals surface area (Å²) in [6, 6.07) is 4.51. The normalized spacial score (nSPS) is 18.7. The van der Waals surface area contributed by atoms with Gasteiger partial charge in [-0.3, -0.25) is 0 Å². The van der Waals surface area contributed by atoms with Crippen molar-refractivity contribution in [2.75, 3.05) is 0 Å². The molecular weight excluding hydrogens is 271 g/mol. The lowest BCUT2D eigenvalue weighted by molar-refractivity contribution is 0.564. The van der Waals surface area contributed by atoms with Gasteiger partial charge in [0.1, 0.15) is 10.8 Å². The van der Waals surface area contributed by atoms with Crippen molar-refractivity contribution in [3.8, 4) is 10.6 Å². The zero-order valence-corrected chi connectivity index (χ0v) is 11.2.